The first kappa shape index (κ1) is 13.1. The number of phenols is 1. The molecule has 0 aliphatic carbocycles. The van der Waals surface area contributed by atoms with Gasteiger partial charge in [0.05, 0.1) is 5.56 Å². The van der Waals surface area contributed by atoms with Gasteiger partial charge < -0.3 is 10.4 Å². The second kappa shape index (κ2) is 5.52. The molecule has 1 aromatic heterocycles. The largest absolute Gasteiger partial charge is 0.507 e. The first-order valence-electron chi connectivity index (χ1n) is 6.05. The average Bonchev–Trinajstić information content (AvgIpc) is 2.40. The summed E-state index contributed by atoms with van der Waals surface area (Å²) < 4.78 is 0. The molecule has 4 nitrogen and oxygen atoms in total. The highest BCUT2D eigenvalue weighted by atomic mass is 16.3. The minimum Gasteiger partial charge on any atom is -0.507 e. The molecule has 0 aliphatic rings. The van der Waals surface area contributed by atoms with E-state index in [2.05, 4.69) is 10.3 Å². The van der Waals surface area contributed by atoms with Crippen molar-refractivity contribution < 1.29 is 9.90 Å². The van der Waals surface area contributed by atoms with Gasteiger partial charge in [-0.2, -0.15) is 0 Å². The lowest BCUT2D eigenvalue weighted by atomic mass is 10.1. The van der Waals surface area contributed by atoms with Gasteiger partial charge in [0.15, 0.2) is 0 Å². The van der Waals surface area contributed by atoms with Gasteiger partial charge in [-0.05, 0) is 43.2 Å². The van der Waals surface area contributed by atoms with Crippen molar-refractivity contribution in [1.82, 2.24) is 10.3 Å². The fourth-order valence-electron chi connectivity index (χ4n) is 1.78. The first-order valence-corrected chi connectivity index (χ1v) is 6.05. The topological polar surface area (TPSA) is 62.2 Å². The first-order chi connectivity index (χ1) is 9.08. The van der Waals surface area contributed by atoms with Gasteiger partial charge in [-0.1, -0.05) is 11.6 Å². The molecule has 19 heavy (non-hydrogen) atoms. The molecule has 1 amide bonds. The predicted molar refractivity (Wildman–Crippen MR) is 73.0 cm³/mol. The zero-order chi connectivity index (χ0) is 13.8. The third kappa shape index (κ3) is 3.10. The number of aromatic hydroxyl groups is 1. The molecule has 0 fully saturated rings. The molecular weight excluding hydrogens is 240 g/mol. The molecule has 2 rings (SSSR count). The zero-order valence-electron chi connectivity index (χ0n) is 11.0. The number of aryl methyl sites for hydroxylation is 2. The number of carbonyl (C=O) groups is 1. The lowest BCUT2D eigenvalue weighted by molar-refractivity contribution is 0.0948. The van der Waals surface area contributed by atoms with Crippen molar-refractivity contribution in [2.45, 2.75) is 20.4 Å². The average molecular weight is 256 g/mol. The molecule has 0 saturated heterocycles. The molecule has 0 radical (unpaired) electrons. The van der Waals surface area contributed by atoms with E-state index in [4.69, 9.17) is 0 Å². The summed E-state index contributed by atoms with van der Waals surface area (Å²) in [5, 5.41) is 12.5. The fourth-order valence-corrected chi connectivity index (χ4v) is 1.78. The van der Waals surface area contributed by atoms with Crippen LogP contribution in [0.4, 0.5) is 0 Å². The van der Waals surface area contributed by atoms with E-state index in [1.165, 1.54) is 6.07 Å². The molecule has 0 bridgehead atoms. The van der Waals surface area contributed by atoms with Crippen molar-refractivity contribution in [3.63, 3.8) is 0 Å². The van der Waals surface area contributed by atoms with Crippen LogP contribution < -0.4 is 5.32 Å². The van der Waals surface area contributed by atoms with Crippen molar-refractivity contribution in [3.8, 4) is 5.75 Å². The second-order valence-electron chi connectivity index (χ2n) is 4.51. The van der Waals surface area contributed by atoms with Crippen LogP contribution in [-0.4, -0.2) is 16.0 Å². The lowest BCUT2D eigenvalue weighted by Gasteiger charge is -2.09. The molecule has 98 valence electrons. The maximum absolute atomic E-state index is 12.0. The normalized spacial score (nSPS) is 10.2. The Balaban J connectivity index is 2.10. The second-order valence-corrected chi connectivity index (χ2v) is 4.51. The van der Waals surface area contributed by atoms with Gasteiger partial charge in [0.25, 0.3) is 5.91 Å². The Hall–Kier alpha value is -2.36. The molecule has 0 saturated carbocycles. The maximum atomic E-state index is 12.0. The summed E-state index contributed by atoms with van der Waals surface area (Å²) >= 11 is 0. The van der Waals surface area contributed by atoms with E-state index in [-0.39, 0.29) is 11.7 Å². The SMILES string of the molecule is Cc1ccc(O)c(C(=O)NCc2cnccc2C)c1. The minimum absolute atomic E-state index is 0.00833. The summed E-state index contributed by atoms with van der Waals surface area (Å²) in [6.45, 7) is 4.24. The van der Waals surface area contributed by atoms with Gasteiger partial charge in [0, 0.05) is 18.9 Å². The summed E-state index contributed by atoms with van der Waals surface area (Å²) in [5.41, 5.74) is 3.26. The van der Waals surface area contributed by atoms with E-state index in [1.54, 1.807) is 24.5 Å². The minimum atomic E-state index is -0.288. The van der Waals surface area contributed by atoms with Crippen LogP contribution in [0.15, 0.2) is 36.7 Å². The summed E-state index contributed by atoms with van der Waals surface area (Å²) in [4.78, 5) is 16.0. The van der Waals surface area contributed by atoms with Crippen molar-refractivity contribution in [2.24, 2.45) is 0 Å². The van der Waals surface area contributed by atoms with E-state index in [0.29, 0.717) is 12.1 Å². The summed E-state index contributed by atoms with van der Waals surface area (Å²) in [7, 11) is 0. The Labute approximate surface area is 112 Å². The third-order valence-electron chi connectivity index (χ3n) is 2.98. The highest BCUT2D eigenvalue weighted by molar-refractivity contribution is 5.96. The third-order valence-corrected chi connectivity index (χ3v) is 2.98. The Bertz CT molecular complexity index is 609. The highest BCUT2D eigenvalue weighted by Crippen LogP contribution is 2.18. The number of carbonyl (C=O) groups excluding carboxylic acids is 1. The van der Waals surface area contributed by atoms with Crippen LogP contribution in [0.2, 0.25) is 0 Å². The molecule has 0 aliphatic heterocycles. The number of nitrogens with one attached hydrogen (secondary N) is 1. The van der Waals surface area contributed by atoms with Crippen LogP contribution >= 0.6 is 0 Å². The van der Waals surface area contributed by atoms with E-state index < -0.39 is 0 Å². The molecule has 0 atom stereocenters. The van der Waals surface area contributed by atoms with Crippen LogP contribution in [-0.2, 0) is 6.54 Å². The summed E-state index contributed by atoms with van der Waals surface area (Å²) in [6.07, 6.45) is 3.44. The van der Waals surface area contributed by atoms with Gasteiger partial charge in [0.2, 0.25) is 0 Å². The van der Waals surface area contributed by atoms with Crippen LogP contribution in [0.1, 0.15) is 27.0 Å². The van der Waals surface area contributed by atoms with Gasteiger partial charge in [0.1, 0.15) is 5.75 Å². The van der Waals surface area contributed by atoms with Gasteiger partial charge in [-0.25, -0.2) is 0 Å². The molecule has 0 spiro atoms. The lowest BCUT2D eigenvalue weighted by Crippen LogP contribution is -2.23. The van der Waals surface area contributed by atoms with E-state index >= 15 is 0 Å². The van der Waals surface area contributed by atoms with Crippen LogP contribution in [0.5, 0.6) is 5.75 Å². The number of pyridine rings is 1. The number of amides is 1. The number of hydrogen-bond donors (Lipinski definition) is 2. The number of rotatable bonds is 3. The Morgan fingerprint density at radius 3 is 2.84 bits per heavy atom. The number of aromatic nitrogens is 1. The number of phenolic OH excluding ortho intramolecular Hbond substituents is 1. The Morgan fingerprint density at radius 1 is 1.32 bits per heavy atom. The van der Waals surface area contributed by atoms with Crippen molar-refractivity contribution in [1.29, 1.82) is 0 Å². The zero-order valence-corrected chi connectivity index (χ0v) is 11.0. The van der Waals surface area contributed by atoms with Crippen molar-refractivity contribution in [2.75, 3.05) is 0 Å². The van der Waals surface area contributed by atoms with Crippen LogP contribution in [0, 0.1) is 13.8 Å². The number of nitrogens with zero attached hydrogens (tertiary/aromatic N) is 1. The van der Waals surface area contributed by atoms with E-state index in [9.17, 15) is 9.90 Å². The molecule has 1 aromatic carbocycles. The molecule has 4 heteroatoms. The van der Waals surface area contributed by atoms with Crippen LogP contribution in [0.25, 0.3) is 0 Å². The molecule has 0 unspecified atom stereocenters. The predicted octanol–water partition coefficient (Wildman–Crippen LogP) is 2.33. The Kier molecular flexibility index (Phi) is 3.80. The van der Waals surface area contributed by atoms with Crippen molar-refractivity contribution >= 4 is 5.91 Å². The summed E-state index contributed by atoms with van der Waals surface area (Å²) in [5.74, 6) is -0.296. The van der Waals surface area contributed by atoms with Crippen LogP contribution in [0.3, 0.4) is 0 Å². The molecular formula is C15H16N2O2. The maximum Gasteiger partial charge on any atom is 0.255 e. The molecule has 1 heterocycles. The quantitative estimate of drug-likeness (QED) is 0.886. The monoisotopic (exact) mass is 256 g/mol. The van der Waals surface area contributed by atoms with Gasteiger partial charge >= 0.3 is 0 Å². The Morgan fingerprint density at radius 2 is 2.11 bits per heavy atom. The van der Waals surface area contributed by atoms with E-state index in [1.807, 2.05) is 19.9 Å². The highest BCUT2D eigenvalue weighted by Gasteiger charge is 2.11. The van der Waals surface area contributed by atoms with Gasteiger partial charge in [-0.3, -0.25) is 9.78 Å². The van der Waals surface area contributed by atoms with Gasteiger partial charge in [-0.15, -0.1) is 0 Å². The summed E-state index contributed by atoms with van der Waals surface area (Å²) in [6, 6.07) is 6.85. The number of hydrogen-bond acceptors (Lipinski definition) is 3. The molecule has 2 aromatic rings. The van der Waals surface area contributed by atoms with Crippen molar-refractivity contribution in [3.05, 3.63) is 58.9 Å². The smallest absolute Gasteiger partial charge is 0.255 e. The standard InChI is InChI=1S/C15H16N2O2/c1-10-3-4-14(18)13(7-10)15(19)17-9-12-8-16-6-5-11(12)2/h3-8,18H,9H2,1-2H3,(H,17,19). The fraction of sp³-hybridized carbons (Fsp3) is 0.200. The number of benzene rings is 1. The molecule has 2 N–H and O–H groups in total. The van der Waals surface area contributed by atoms with E-state index in [0.717, 1.165) is 16.7 Å².